The van der Waals surface area contributed by atoms with E-state index in [2.05, 4.69) is 6.07 Å². The molecule has 2 aromatic rings. The molecule has 0 radical (unpaired) electrons. The molecule has 1 fully saturated rings. The number of carbonyl (C=O) groups excluding carboxylic acids is 1. The second-order valence-electron chi connectivity index (χ2n) is 5.08. The predicted molar refractivity (Wildman–Crippen MR) is 82.4 cm³/mol. The zero-order valence-electron chi connectivity index (χ0n) is 11.0. The van der Waals surface area contributed by atoms with Gasteiger partial charge in [0.1, 0.15) is 0 Å². The number of Topliss-reactive ketones (excluding diaryl/α,β-unsaturated/α-hetero) is 1. The van der Waals surface area contributed by atoms with E-state index in [0.29, 0.717) is 5.56 Å². The van der Waals surface area contributed by atoms with Gasteiger partial charge < -0.3 is 0 Å². The molecule has 2 unspecified atom stereocenters. The van der Waals surface area contributed by atoms with Crippen molar-refractivity contribution in [3.63, 3.8) is 0 Å². The average Bonchev–Trinajstić information content (AvgIpc) is 3.05. The lowest BCUT2D eigenvalue weighted by atomic mass is 9.91. The number of hydrogen-bond acceptors (Lipinski definition) is 2. The molecule has 0 N–H and O–H groups in total. The minimum atomic E-state index is -1.43. The summed E-state index contributed by atoms with van der Waals surface area (Å²) in [5.74, 6) is -0.850. The molecule has 1 saturated carbocycles. The van der Waals surface area contributed by atoms with E-state index in [0.717, 1.165) is 5.56 Å². The molecule has 0 saturated heterocycles. The number of rotatable bonds is 3. The molecule has 1 aliphatic rings. The zero-order chi connectivity index (χ0) is 15.1. The number of halogens is 2. The van der Waals surface area contributed by atoms with Gasteiger partial charge in [-0.05, 0) is 5.56 Å². The number of alkyl halides is 2. The summed E-state index contributed by atoms with van der Waals surface area (Å²) in [7, 11) is 0. The number of ketones is 1. The Morgan fingerprint density at radius 3 is 2.05 bits per heavy atom. The molecular formula is C17H11Cl2NO. The second kappa shape index (κ2) is 4.87. The number of nitriles is 1. The molecule has 0 heterocycles. The highest BCUT2D eigenvalue weighted by Gasteiger charge is 2.81. The van der Waals surface area contributed by atoms with Gasteiger partial charge in [-0.3, -0.25) is 4.79 Å². The lowest BCUT2D eigenvalue weighted by Crippen LogP contribution is -2.20. The number of carbonyl (C=O) groups is 1. The van der Waals surface area contributed by atoms with Crippen LogP contribution in [0.4, 0.5) is 0 Å². The Bertz CT molecular complexity index is 721. The highest BCUT2D eigenvalue weighted by atomic mass is 35.5. The first-order chi connectivity index (χ1) is 10.1. The molecule has 0 spiro atoms. The van der Waals surface area contributed by atoms with Gasteiger partial charge in [-0.25, -0.2) is 0 Å². The van der Waals surface area contributed by atoms with E-state index in [1.165, 1.54) is 0 Å². The van der Waals surface area contributed by atoms with E-state index in [9.17, 15) is 10.1 Å². The van der Waals surface area contributed by atoms with Gasteiger partial charge in [-0.2, -0.15) is 5.26 Å². The van der Waals surface area contributed by atoms with Gasteiger partial charge in [0.15, 0.2) is 15.5 Å². The molecule has 104 valence electrons. The summed E-state index contributed by atoms with van der Waals surface area (Å²) in [4.78, 5) is 12.8. The van der Waals surface area contributed by atoms with Crippen molar-refractivity contribution in [2.24, 2.45) is 5.41 Å². The molecule has 0 bridgehead atoms. The Labute approximate surface area is 132 Å². The van der Waals surface area contributed by atoms with Crippen molar-refractivity contribution < 1.29 is 4.79 Å². The third-order valence-electron chi connectivity index (χ3n) is 3.94. The Morgan fingerprint density at radius 2 is 1.52 bits per heavy atom. The maximum atomic E-state index is 12.8. The summed E-state index contributed by atoms with van der Waals surface area (Å²) in [6.07, 6.45) is 0. The molecular weight excluding hydrogens is 305 g/mol. The average molecular weight is 316 g/mol. The molecule has 0 aliphatic heterocycles. The summed E-state index contributed by atoms with van der Waals surface area (Å²) in [6, 6.07) is 20.0. The lowest BCUT2D eigenvalue weighted by Gasteiger charge is -2.08. The second-order valence-corrected chi connectivity index (χ2v) is 6.47. The van der Waals surface area contributed by atoms with Gasteiger partial charge in [-0.15, -0.1) is 0 Å². The molecule has 2 atom stereocenters. The van der Waals surface area contributed by atoms with E-state index >= 15 is 0 Å². The van der Waals surface area contributed by atoms with Crippen LogP contribution in [0.1, 0.15) is 21.8 Å². The van der Waals surface area contributed by atoms with Crippen LogP contribution >= 0.6 is 23.2 Å². The molecule has 2 nitrogen and oxygen atoms in total. The lowest BCUT2D eigenvalue weighted by molar-refractivity contribution is 0.0930. The fourth-order valence-corrected chi connectivity index (χ4v) is 3.74. The molecule has 1 aliphatic carbocycles. The highest BCUT2D eigenvalue weighted by molar-refractivity contribution is 6.55. The third-order valence-corrected chi connectivity index (χ3v) is 4.97. The van der Waals surface area contributed by atoms with Crippen molar-refractivity contribution in [1.29, 1.82) is 5.26 Å². The molecule has 2 aromatic carbocycles. The van der Waals surface area contributed by atoms with Crippen LogP contribution in [-0.4, -0.2) is 10.1 Å². The fourth-order valence-electron chi connectivity index (χ4n) is 2.80. The maximum absolute atomic E-state index is 12.8. The SMILES string of the molecule is N#CC1(C(=O)c2ccccc2)C(c2ccccc2)C1(Cl)Cl. The Balaban J connectivity index is 2.07. The first kappa shape index (κ1) is 14.1. The minimum Gasteiger partial charge on any atom is -0.292 e. The molecule has 0 aromatic heterocycles. The molecule has 0 amide bonds. The van der Waals surface area contributed by atoms with Crippen LogP contribution in [0.3, 0.4) is 0 Å². The normalized spacial score (nSPS) is 25.9. The maximum Gasteiger partial charge on any atom is 0.186 e. The third kappa shape index (κ3) is 1.89. The van der Waals surface area contributed by atoms with Crippen molar-refractivity contribution in [1.82, 2.24) is 0 Å². The van der Waals surface area contributed by atoms with Crippen LogP contribution in [0.15, 0.2) is 60.7 Å². The van der Waals surface area contributed by atoms with Crippen LogP contribution in [0.5, 0.6) is 0 Å². The Morgan fingerprint density at radius 1 is 1.00 bits per heavy atom. The van der Waals surface area contributed by atoms with Crippen molar-refractivity contribution in [3.05, 3.63) is 71.8 Å². The van der Waals surface area contributed by atoms with Crippen LogP contribution < -0.4 is 0 Å². The largest absolute Gasteiger partial charge is 0.292 e. The van der Waals surface area contributed by atoms with Gasteiger partial charge in [0.25, 0.3) is 0 Å². The van der Waals surface area contributed by atoms with Gasteiger partial charge in [0.2, 0.25) is 0 Å². The predicted octanol–water partition coefficient (Wildman–Crippen LogP) is 4.35. The van der Waals surface area contributed by atoms with Gasteiger partial charge >= 0.3 is 0 Å². The van der Waals surface area contributed by atoms with Crippen LogP contribution in [0.2, 0.25) is 0 Å². The fraction of sp³-hybridized carbons (Fsp3) is 0.176. The summed E-state index contributed by atoms with van der Waals surface area (Å²) in [6.45, 7) is 0. The zero-order valence-corrected chi connectivity index (χ0v) is 12.5. The topological polar surface area (TPSA) is 40.9 Å². The molecule has 21 heavy (non-hydrogen) atoms. The van der Waals surface area contributed by atoms with E-state index in [1.807, 2.05) is 36.4 Å². The smallest absolute Gasteiger partial charge is 0.186 e. The number of hydrogen-bond donors (Lipinski definition) is 0. The standard InChI is InChI=1S/C17H11Cl2NO/c18-17(19)14(12-7-3-1-4-8-12)16(17,11-20)15(21)13-9-5-2-6-10-13/h1-10,14H. The van der Waals surface area contributed by atoms with E-state index < -0.39 is 15.7 Å². The first-order valence-electron chi connectivity index (χ1n) is 6.49. The summed E-state index contributed by atoms with van der Waals surface area (Å²) < 4.78 is -1.41. The monoisotopic (exact) mass is 315 g/mol. The van der Waals surface area contributed by atoms with Crippen LogP contribution in [0, 0.1) is 16.7 Å². The van der Waals surface area contributed by atoms with E-state index in [-0.39, 0.29) is 5.78 Å². The number of benzene rings is 2. The first-order valence-corrected chi connectivity index (χ1v) is 7.25. The molecule has 3 rings (SSSR count). The van der Waals surface area contributed by atoms with E-state index in [4.69, 9.17) is 23.2 Å². The Kier molecular flexibility index (Phi) is 3.28. The highest BCUT2D eigenvalue weighted by Crippen LogP contribution is 2.74. The van der Waals surface area contributed by atoms with Gasteiger partial charge in [0.05, 0.1) is 6.07 Å². The van der Waals surface area contributed by atoms with Gasteiger partial charge in [-0.1, -0.05) is 83.9 Å². The van der Waals surface area contributed by atoms with Crippen molar-refractivity contribution in [3.8, 4) is 6.07 Å². The van der Waals surface area contributed by atoms with Crippen LogP contribution in [0.25, 0.3) is 0 Å². The Hall–Kier alpha value is -1.82. The quantitative estimate of drug-likeness (QED) is 0.624. The van der Waals surface area contributed by atoms with Crippen LogP contribution in [-0.2, 0) is 0 Å². The van der Waals surface area contributed by atoms with Crippen molar-refractivity contribution in [2.45, 2.75) is 10.3 Å². The summed E-state index contributed by atoms with van der Waals surface area (Å²) in [5, 5.41) is 9.62. The van der Waals surface area contributed by atoms with E-state index in [1.54, 1.807) is 24.3 Å². The summed E-state index contributed by atoms with van der Waals surface area (Å²) >= 11 is 12.7. The summed E-state index contributed by atoms with van der Waals surface area (Å²) in [5.41, 5.74) is -0.185. The van der Waals surface area contributed by atoms with Crippen molar-refractivity contribution in [2.75, 3.05) is 0 Å². The van der Waals surface area contributed by atoms with Gasteiger partial charge in [0, 0.05) is 11.5 Å². The van der Waals surface area contributed by atoms with Crippen molar-refractivity contribution >= 4 is 29.0 Å². The molecule has 4 heteroatoms. The minimum absolute atomic E-state index is 0.329. The number of nitrogens with zero attached hydrogens (tertiary/aromatic N) is 1.